The molecule has 0 unspecified atom stereocenters. The smallest absolute Gasteiger partial charge is 0.277 e. The molecule has 12 aromatic carbocycles. The zero-order valence-electron chi connectivity index (χ0n) is 82.0. The topological polar surface area (TPSA) is 441 Å². The van der Waals surface area contributed by atoms with Crippen molar-refractivity contribution >= 4 is 141 Å². The van der Waals surface area contributed by atoms with Crippen LogP contribution >= 0.6 is 11.3 Å². The van der Waals surface area contributed by atoms with Crippen LogP contribution in [0.25, 0.3) is 65.4 Å². The number of rotatable bonds is 22. The van der Waals surface area contributed by atoms with Crippen molar-refractivity contribution in [3.63, 3.8) is 0 Å². The molecule has 150 heavy (non-hydrogen) atoms. The zero-order valence-corrected chi connectivity index (χ0v) is 82.8. The summed E-state index contributed by atoms with van der Waals surface area (Å²) in [7, 11) is 0. The number of nitrogen functional groups attached to an aromatic ring is 1. The molecule has 0 radical (unpaired) electrons. The van der Waals surface area contributed by atoms with Gasteiger partial charge in [0.05, 0.1) is 148 Å². The highest BCUT2D eigenvalue weighted by molar-refractivity contribution is 7.12. The molecular formula is C116H95N25O8S. The van der Waals surface area contributed by atoms with Crippen LogP contribution in [0.3, 0.4) is 0 Å². The van der Waals surface area contributed by atoms with Crippen molar-refractivity contribution in [3.05, 3.63) is 463 Å². The molecule has 0 bridgehead atoms. The summed E-state index contributed by atoms with van der Waals surface area (Å²) in [6.45, 7) is 15.1. The van der Waals surface area contributed by atoms with E-state index in [4.69, 9.17) is 34.9 Å². The number of amides is 5. The van der Waals surface area contributed by atoms with Crippen LogP contribution in [0.2, 0.25) is 0 Å². The van der Waals surface area contributed by atoms with Gasteiger partial charge in [0.2, 0.25) is 0 Å². The maximum absolute atomic E-state index is 12.6. The van der Waals surface area contributed by atoms with E-state index < -0.39 is 0 Å². The number of anilines is 6. The summed E-state index contributed by atoms with van der Waals surface area (Å²) in [5.74, 6) is 2.45. The van der Waals surface area contributed by atoms with Crippen LogP contribution in [0, 0.1) is 75.5 Å². The monoisotopic (exact) mass is 2000 g/mol. The van der Waals surface area contributed by atoms with E-state index in [1.54, 1.807) is 67.9 Å². The van der Waals surface area contributed by atoms with Crippen molar-refractivity contribution in [2.75, 3.05) is 32.3 Å². The summed E-state index contributed by atoms with van der Waals surface area (Å²) in [6, 6.07) is 107. The molecule has 0 aliphatic heterocycles. The lowest BCUT2D eigenvalue weighted by atomic mass is 10.1. The van der Waals surface area contributed by atoms with Gasteiger partial charge in [-0.3, -0.25) is 52.1 Å². The maximum atomic E-state index is 12.6. The summed E-state index contributed by atoms with van der Waals surface area (Å²) >= 11 is 1.34. The highest BCUT2D eigenvalue weighted by Crippen LogP contribution is 2.33. The van der Waals surface area contributed by atoms with Gasteiger partial charge in [0.25, 0.3) is 29.5 Å². The number of nitriles is 3. The van der Waals surface area contributed by atoms with Crippen molar-refractivity contribution in [1.82, 2.24) is 79.0 Å². The standard InChI is InChI=1S/C21H19N3O2.C20H15N5O2.C20H17N5O.C20H14N4O2.C20H18N4OS.C15H12N4/c1-14-7-9-16(10-8-14)13-24-19-6-4-3-5-18(19)20(23-24)22-21(25)17-11-12-26-15(17)2;1-13-17(12-27-24-13)20(26)22-19-16-4-2-3-5-18(16)25(23-19)11-15-8-6-14(10-21)7-9-15;1-14-8-10-15(11-9-14)13-25-18-7-3-2-5-16(18)19(24-25)22-20(26)17-6-4-12-21-23-17;21-11-14-5-7-15(8-6-14)12-24-18-4-2-1-3-17(18)19(23-24)22-20(25)16-9-10-26-13-16;1-13-7-9-15(10-8-13)11-24-17-6-4-3-5-16(17)19(23-24)22-20(25)18-14(2)21-12-26-18;16-9-11-5-7-12(8-6-11)10-19-14-4-2-1-3-13(14)15(17)18-19/h3-12H,13H2,1-2H3,(H,22,23,25);2-9,12H,11H2,1H3,(H,22,23,26);2-12H,13H2,1H3,(H,22,24,26);1-10,13H,12H2,(H,22,23,25);3-10,12H,11H2,1-2H3,(H,22,23,25);1-8H,10H2,(H2,17,18). The second-order valence-corrected chi connectivity index (χ2v) is 35.8. The molecule has 7 N–H and O–H groups in total. The van der Waals surface area contributed by atoms with Gasteiger partial charge in [0.1, 0.15) is 28.7 Å². The predicted octanol–water partition coefficient (Wildman–Crippen LogP) is 22.2. The Morgan fingerprint density at radius 1 is 0.340 bits per heavy atom. The Labute approximate surface area is 862 Å². The molecule has 33 nitrogen and oxygen atoms in total. The third-order valence-corrected chi connectivity index (χ3v) is 25.3. The highest BCUT2D eigenvalue weighted by atomic mass is 32.1. The van der Waals surface area contributed by atoms with Crippen LogP contribution in [0.5, 0.6) is 0 Å². The summed E-state index contributed by atoms with van der Waals surface area (Å²) < 4.78 is 26.3. The number of furan rings is 2. The maximum Gasteiger partial charge on any atom is 0.277 e. The van der Waals surface area contributed by atoms with E-state index in [1.165, 1.54) is 64.8 Å². The van der Waals surface area contributed by atoms with Crippen molar-refractivity contribution in [3.8, 4) is 18.2 Å². The van der Waals surface area contributed by atoms with Gasteiger partial charge in [-0.05, 0) is 208 Å². The molecule has 0 fully saturated rings. The van der Waals surface area contributed by atoms with Crippen molar-refractivity contribution in [1.29, 1.82) is 15.8 Å². The average Bonchev–Trinajstić information content (AvgIpc) is 1.64. The van der Waals surface area contributed by atoms with Gasteiger partial charge >= 0.3 is 0 Å². The first kappa shape index (κ1) is 99.7. The molecule has 0 atom stereocenters. The first-order chi connectivity index (χ1) is 73.1. The summed E-state index contributed by atoms with van der Waals surface area (Å²) in [4.78, 5) is 67.0. The lowest BCUT2D eigenvalue weighted by Crippen LogP contribution is -2.15. The van der Waals surface area contributed by atoms with Gasteiger partial charge < -0.3 is 45.7 Å². The molecule has 34 heteroatoms. The number of para-hydroxylation sites is 6. The minimum absolute atomic E-state index is 0.171. The van der Waals surface area contributed by atoms with Crippen LogP contribution in [-0.4, -0.2) is 109 Å². The molecule has 23 rings (SSSR count). The Morgan fingerprint density at radius 2 is 0.673 bits per heavy atom. The van der Waals surface area contributed by atoms with Gasteiger partial charge in [-0.2, -0.15) is 51.5 Å². The van der Waals surface area contributed by atoms with Gasteiger partial charge in [-0.15, -0.1) is 16.4 Å². The van der Waals surface area contributed by atoms with Gasteiger partial charge in [0, 0.05) is 38.5 Å². The van der Waals surface area contributed by atoms with E-state index in [9.17, 15) is 24.0 Å². The Bertz CT molecular complexity index is 8720. The van der Waals surface area contributed by atoms with Crippen LogP contribution in [0.15, 0.2) is 366 Å². The number of benzene rings is 12. The number of hydrogen-bond acceptors (Lipinski definition) is 23. The second-order valence-electron chi connectivity index (χ2n) is 34.9. The van der Waals surface area contributed by atoms with E-state index in [0.29, 0.717) is 124 Å². The molecular weight excluding hydrogens is 1900 g/mol. The molecule has 11 heterocycles. The predicted molar refractivity (Wildman–Crippen MR) is 576 cm³/mol. The average molecular weight is 2000 g/mol. The third-order valence-electron chi connectivity index (χ3n) is 24.4. The fourth-order valence-corrected chi connectivity index (χ4v) is 17.2. The largest absolute Gasteiger partial charge is 0.472 e. The molecule has 0 spiro atoms. The molecule has 11 aromatic heterocycles. The Balaban J connectivity index is 0.000000118. The van der Waals surface area contributed by atoms with Crippen LogP contribution in [-0.2, 0) is 39.3 Å². The second kappa shape index (κ2) is 46.3. The number of nitrogens with one attached hydrogen (secondary N) is 5. The molecule has 5 amide bonds. The van der Waals surface area contributed by atoms with Crippen molar-refractivity contribution < 1.29 is 37.3 Å². The Morgan fingerprint density at radius 3 is 0.993 bits per heavy atom. The summed E-state index contributed by atoms with van der Waals surface area (Å²) in [5.41, 5.74) is 28.3. The van der Waals surface area contributed by atoms with Crippen LogP contribution in [0.1, 0.15) is 135 Å². The van der Waals surface area contributed by atoms with E-state index >= 15 is 0 Å². The van der Waals surface area contributed by atoms with Gasteiger partial charge in [-0.25, -0.2) is 4.98 Å². The molecule has 23 aromatic rings. The number of thiazole rings is 1. The quantitative estimate of drug-likeness (QED) is 0.0367. The summed E-state index contributed by atoms with van der Waals surface area (Å²) in [6.07, 6.45) is 7.21. The van der Waals surface area contributed by atoms with Gasteiger partial charge in [-0.1, -0.05) is 204 Å². The lowest BCUT2D eigenvalue weighted by molar-refractivity contribution is 0.101. The number of nitrogens with zero attached hydrogens (tertiary/aromatic N) is 19. The number of aryl methyl sites for hydroxylation is 6. The number of aromatic nitrogens is 16. The molecule has 0 aliphatic carbocycles. The molecule has 0 aliphatic rings. The van der Waals surface area contributed by atoms with Crippen molar-refractivity contribution in [2.45, 2.75) is 80.8 Å². The molecule has 738 valence electrons. The van der Waals surface area contributed by atoms with Gasteiger partial charge in [0.15, 0.2) is 40.6 Å². The first-order valence-electron chi connectivity index (χ1n) is 47.5. The molecule has 0 saturated carbocycles. The minimum atomic E-state index is -0.330. The zero-order chi connectivity index (χ0) is 104. The van der Waals surface area contributed by atoms with Crippen molar-refractivity contribution in [2.24, 2.45) is 0 Å². The fourth-order valence-electron chi connectivity index (χ4n) is 16.5. The minimum Gasteiger partial charge on any atom is -0.472 e. The Kier molecular flexibility index (Phi) is 30.8. The first-order valence-corrected chi connectivity index (χ1v) is 48.3. The number of nitrogens with two attached hydrogens (primary N) is 1. The van der Waals surface area contributed by atoms with Crippen LogP contribution < -0.4 is 32.3 Å². The summed E-state index contributed by atoms with van der Waals surface area (Å²) in [5, 5.41) is 85.1. The normalized spacial score (nSPS) is 10.8. The van der Waals surface area contributed by atoms with E-state index in [1.807, 2.05) is 229 Å². The fraction of sp³-hybridized carbons (Fsp3) is 0.103. The number of fused-ring (bicyclic) bond motifs is 6. The number of carbonyl (C=O) groups excluding carboxylic acids is 5. The Hall–Kier alpha value is -20.4. The SMILES string of the molecule is Cc1ccc(Cn2nc(NC(=O)c3cccnn3)c3ccccc32)cc1.Cc1ccc(Cn2nc(NC(=O)c3ccoc3C)c3ccccc32)cc1.Cc1ccc(Cn2nc(NC(=O)c3scnc3C)c3ccccc32)cc1.Cc1nocc1C(=O)Nc1nn(Cc2ccc(C#N)cc2)c2ccccc12.N#Cc1ccc(Cn2nc(N)c3ccccc32)cc1.N#Cc1ccc(Cn2nc(NC(=O)c3ccoc3)c3ccccc32)cc1. The van der Waals surface area contributed by atoms with E-state index in [0.717, 1.165) is 98.9 Å². The lowest BCUT2D eigenvalue weighted by Gasteiger charge is -2.04. The number of carbonyl (C=O) groups is 5. The third kappa shape index (κ3) is 23.9. The number of hydrogen-bond donors (Lipinski definition) is 6. The van der Waals surface area contributed by atoms with Crippen LogP contribution in [0.4, 0.5) is 34.9 Å². The molecule has 0 saturated heterocycles. The van der Waals surface area contributed by atoms with E-state index in [-0.39, 0.29) is 35.2 Å². The van der Waals surface area contributed by atoms with E-state index in [2.05, 4.69) is 189 Å². The highest BCUT2D eigenvalue weighted by Gasteiger charge is 2.24.